The molecule has 7 heteroatoms. The number of ether oxygens (including phenoxy) is 1. The number of aliphatic hydroxyl groups excluding tert-OH is 1. The van der Waals surface area contributed by atoms with Gasteiger partial charge in [0.05, 0.1) is 38.8 Å². The first-order chi connectivity index (χ1) is 14.5. The van der Waals surface area contributed by atoms with E-state index in [0.29, 0.717) is 5.92 Å². The normalized spacial score (nSPS) is 39.2. The molecule has 7 nitrogen and oxygen atoms in total. The SMILES string of the molecule is C[C@@H]1CCC=C2C[C@H]3OC(=O)[C@@H](C[NH+]4CCN(c5ncccn5)CC4)[C@H]3[C@H](O)[C@@]21C. The van der Waals surface area contributed by atoms with Gasteiger partial charge in [-0.15, -0.1) is 0 Å². The summed E-state index contributed by atoms with van der Waals surface area (Å²) in [5, 5.41) is 11.5. The molecule has 1 aromatic rings. The molecule has 1 aromatic heterocycles. The van der Waals surface area contributed by atoms with E-state index in [-0.39, 0.29) is 29.3 Å². The lowest BCUT2D eigenvalue weighted by Crippen LogP contribution is -3.15. The minimum Gasteiger partial charge on any atom is -0.461 e. The molecule has 0 spiro atoms. The van der Waals surface area contributed by atoms with Gasteiger partial charge in [-0.1, -0.05) is 25.5 Å². The predicted octanol–water partition coefficient (Wildman–Crippen LogP) is 0.467. The Morgan fingerprint density at radius 2 is 2.03 bits per heavy atom. The highest BCUT2D eigenvalue weighted by molar-refractivity contribution is 5.76. The van der Waals surface area contributed by atoms with Gasteiger partial charge >= 0.3 is 5.97 Å². The summed E-state index contributed by atoms with van der Waals surface area (Å²) < 4.78 is 5.83. The number of piperazine rings is 1. The first-order valence-corrected chi connectivity index (χ1v) is 11.4. The van der Waals surface area contributed by atoms with Gasteiger partial charge < -0.3 is 19.6 Å². The number of fused-ring (bicyclic) bond motifs is 2. The van der Waals surface area contributed by atoms with Crippen molar-refractivity contribution in [3.8, 4) is 0 Å². The van der Waals surface area contributed by atoms with Gasteiger partial charge in [0.25, 0.3) is 0 Å². The highest BCUT2D eigenvalue weighted by Crippen LogP contribution is 2.55. The second-order valence-electron chi connectivity index (χ2n) is 9.79. The number of allylic oxidation sites excluding steroid dienone is 1. The maximum Gasteiger partial charge on any atom is 0.315 e. The van der Waals surface area contributed by atoms with Crippen molar-refractivity contribution in [3.63, 3.8) is 0 Å². The van der Waals surface area contributed by atoms with E-state index in [1.54, 1.807) is 12.4 Å². The Labute approximate surface area is 178 Å². The van der Waals surface area contributed by atoms with Crippen molar-refractivity contribution in [3.05, 3.63) is 30.1 Å². The third kappa shape index (κ3) is 3.14. The van der Waals surface area contributed by atoms with Gasteiger partial charge in [-0.05, 0) is 24.8 Å². The molecular formula is C23H33N4O3+. The molecule has 3 fully saturated rings. The summed E-state index contributed by atoms with van der Waals surface area (Å²) in [5.74, 6) is 0.778. The van der Waals surface area contributed by atoms with Crippen LogP contribution in [0, 0.1) is 23.2 Å². The van der Waals surface area contributed by atoms with Crippen molar-refractivity contribution in [2.45, 2.75) is 45.3 Å². The van der Waals surface area contributed by atoms with Crippen LogP contribution in [-0.2, 0) is 9.53 Å². The average molecular weight is 414 g/mol. The lowest BCUT2D eigenvalue weighted by atomic mass is 9.55. The van der Waals surface area contributed by atoms with E-state index in [1.165, 1.54) is 10.5 Å². The summed E-state index contributed by atoms with van der Waals surface area (Å²) >= 11 is 0. The van der Waals surface area contributed by atoms with Crippen LogP contribution in [-0.4, -0.2) is 66.0 Å². The Hall–Kier alpha value is -1.99. The molecule has 2 aliphatic carbocycles. The molecule has 0 radical (unpaired) electrons. The minimum atomic E-state index is -0.521. The third-order valence-electron chi connectivity index (χ3n) is 8.38. The van der Waals surface area contributed by atoms with E-state index in [4.69, 9.17) is 4.74 Å². The molecule has 2 N–H and O–H groups in total. The summed E-state index contributed by atoms with van der Waals surface area (Å²) in [6, 6.07) is 1.83. The first-order valence-electron chi connectivity index (χ1n) is 11.4. The largest absolute Gasteiger partial charge is 0.461 e. The molecule has 1 saturated carbocycles. The third-order valence-corrected chi connectivity index (χ3v) is 8.38. The number of rotatable bonds is 3. The van der Waals surface area contributed by atoms with Crippen LogP contribution in [0.1, 0.15) is 33.1 Å². The standard InChI is InChI=1S/C23H32N4O3/c1-15-5-3-6-16-13-18-19(20(28)23(15,16)2)17(21(29)30-18)14-26-9-11-27(12-10-26)22-24-7-4-8-25-22/h4,6-8,15,17-20,28H,3,5,9-14H2,1-2H3/p+1/t15-,17+,18-,19-,20+,23-/m1/s1. The number of anilines is 1. The summed E-state index contributed by atoms with van der Waals surface area (Å²) in [4.78, 5) is 25.2. The van der Waals surface area contributed by atoms with E-state index >= 15 is 0 Å². The molecule has 0 amide bonds. The molecule has 162 valence electrons. The number of esters is 1. The number of hydrogen-bond acceptors (Lipinski definition) is 6. The highest BCUT2D eigenvalue weighted by Gasteiger charge is 2.60. The van der Waals surface area contributed by atoms with Crippen LogP contribution >= 0.6 is 0 Å². The average Bonchev–Trinajstić information content (AvgIpc) is 3.07. The van der Waals surface area contributed by atoms with E-state index in [2.05, 4.69) is 34.8 Å². The highest BCUT2D eigenvalue weighted by atomic mass is 16.6. The molecule has 5 rings (SSSR count). The van der Waals surface area contributed by atoms with Gasteiger partial charge in [0, 0.05) is 30.1 Å². The maximum atomic E-state index is 12.8. The lowest BCUT2D eigenvalue weighted by molar-refractivity contribution is -0.903. The Morgan fingerprint density at radius 3 is 2.77 bits per heavy atom. The lowest BCUT2D eigenvalue weighted by Gasteiger charge is -2.51. The molecule has 0 unspecified atom stereocenters. The Balaban J connectivity index is 1.28. The molecule has 0 bridgehead atoms. The van der Waals surface area contributed by atoms with E-state index in [0.717, 1.165) is 57.9 Å². The maximum absolute atomic E-state index is 12.8. The van der Waals surface area contributed by atoms with Crippen molar-refractivity contribution < 1.29 is 19.5 Å². The van der Waals surface area contributed by atoms with Crippen molar-refractivity contribution in [1.82, 2.24) is 9.97 Å². The number of nitrogens with one attached hydrogen (secondary N) is 1. The van der Waals surface area contributed by atoms with Gasteiger partial charge in [-0.2, -0.15) is 0 Å². The van der Waals surface area contributed by atoms with Gasteiger partial charge in [-0.3, -0.25) is 4.79 Å². The van der Waals surface area contributed by atoms with Crippen LogP contribution in [0.2, 0.25) is 0 Å². The fourth-order valence-corrected chi connectivity index (χ4v) is 6.29. The van der Waals surface area contributed by atoms with Gasteiger partial charge in [0.15, 0.2) is 0 Å². The van der Waals surface area contributed by atoms with Crippen LogP contribution in [0.25, 0.3) is 0 Å². The molecular weight excluding hydrogens is 380 g/mol. The summed E-state index contributed by atoms with van der Waals surface area (Å²) in [6.45, 7) is 8.82. The van der Waals surface area contributed by atoms with Crippen LogP contribution in [0.5, 0.6) is 0 Å². The second-order valence-corrected chi connectivity index (χ2v) is 9.79. The zero-order chi connectivity index (χ0) is 20.9. The summed E-state index contributed by atoms with van der Waals surface area (Å²) in [7, 11) is 0. The molecule has 3 heterocycles. The van der Waals surface area contributed by atoms with E-state index < -0.39 is 6.10 Å². The van der Waals surface area contributed by atoms with Gasteiger partial charge in [-0.25, -0.2) is 9.97 Å². The fraction of sp³-hybridized carbons (Fsp3) is 0.696. The first kappa shape index (κ1) is 19.9. The Morgan fingerprint density at radius 1 is 1.30 bits per heavy atom. The number of nitrogens with zero attached hydrogens (tertiary/aromatic N) is 3. The molecule has 4 aliphatic rings. The molecule has 6 atom stereocenters. The summed E-state index contributed by atoms with van der Waals surface area (Å²) in [6.07, 6.45) is 8.10. The van der Waals surface area contributed by atoms with E-state index in [1.807, 2.05) is 6.07 Å². The Bertz CT molecular complexity index is 823. The predicted molar refractivity (Wildman–Crippen MR) is 112 cm³/mol. The monoisotopic (exact) mass is 413 g/mol. The van der Waals surface area contributed by atoms with Crippen molar-refractivity contribution in [1.29, 1.82) is 0 Å². The topological polar surface area (TPSA) is 80.0 Å². The molecule has 2 aliphatic heterocycles. The molecule has 30 heavy (non-hydrogen) atoms. The smallest absolute Gasteiger partial charge is 0.315 e. The molecule has 0 aromatic carbocycles. The van der Waals surface area contributed by atoms with Crippen molar-refractivity contribution in [2.24, 2.45) is 23.2 Å². The number of aliphatic hydroxyl groups is 1. The van der Waals surface area contributed by atoms with Gasteiger partial charge in [0.1, 0.15) is 12.0 Å². The van der Waals surface area contributed by atoms with Crippen molar-refractivity contribution >= 4 is 11.9 Å². The number of hydrogen-bond donors (Lipinski definition) is 2. The quantitative estimate of drug-likeness (QED) is 0.554. The Kier molecular flexibility index (Phi) is 5.06. The summed E-state index contributed by atoms with van der Waals surface area (Å²) in [5.41, 5.74) is 1.07. The minimum absolute atomic E-state index is 0.0943. The van der Waals surface area contributed by atoms with Crippen LogP contribution in [0.4, 0.5) is 5.95 Å². The van der Waals surface area contributed by atoms with Crippen molar-refractivity contribution in [2.75, 3.05) is 37.6 Å². The van der Waals surface area contributed by atoms with Crippen LogP contribution in [0.3, 0.4) is 0 Å². The molecule has 2 saturated heterocycles. The van der Waals surface area contributed by atoms with Gasteiger partial charge in [0.2, 0.25) is 5.95 Å². The van der Waals surface area contributed by atoms with E-state index in [9.17, 15) is 9.90 Å². The van der Waals surface area contributed by atoms with Crippen LogP contribution in [0.15, 0.2) is 30.1 Å². The van der Waals surface area contributed by atoms with Crippen LogP contribution < -0.4 is 9.80 Å². The second kappa shape index (κ2) is 7.61. The fourth-order valence-electron chi connectivity index (χ4n) is 6.29. The zero-order valence-corrected chi connectivity index (χ0v) is 18.0. The number of quaternary nitrogens is 1. The number of carbonyl (C=O) groups excluding carboxylic acids is 1. The number of carbonyl (C=O) groups is 1. The number of aromatic nitrogens is 2. The zero-order valence-electron chi connectivity index (χ0n) is 18.0.